The van der Waals surface area contributed by atoms with E-state index in [1.165, 1.54) is 6.42 Å². The Labute approximate surface area is 181 Å². The number of rotatable bonds is 9. The Bertz CT molecular complexity index is 222. The van der Waals surface area contributed by atoms with Gasteiger partial charge in [-0.2, -0.15) is 0 Å². The molecule has 0 saturated carbocycles. The molecular formula is C13H35KO6Si2. The first kappa shape index (κ1) is 31.6. The van der Waals surface area contributed by atoms with E-state index in [0.717, 1.165) is 13.0 Å². The molecule has 132 valence electrons. The van der Waals surface area contributed by atoms with Crippen LogP contribution in [0.5, 0.6) is 0 Å². The molecule has 0 aliphatic rings. The van der Waals surface area contributed by atoms with Crippen LogP contribution in [0.25, 0.3) is 0 Å². The van der Waals surface area contributed by atoms with Crippen molar-refractivity contribution >= 4 is 17.4 Å². The van der Waals surface area contributed by atoms with Gasteiger partial charge in [0.1, 0.15) is 0 Å². The molecular weight excluding hydrogens is 347 g/mol. The summed E-state index contributed by atoms with van der Waals surface area (Å²) in [6.07, 6.45) is 2.66. The van der Waals surface area contributed by atoms with E-state index >= 15 is 0 Å². The molecule has 0 saturated heterocycles. The fourth-order valence-corrected chi connectivity index (χ4v) is 3.93. The van der Waals surface area contributed by atoms with Crippen molar-refractivity contribution in [1.82, 2.24) is 0 Å². The van der Waals surface area contributed by atoms with E-state index in [4.69, 9.17) is 22.1 Å². The summed E-state index contributed by atoms with van der Waals surface area (Å²) in [5.41, 5.74) is 0. The summed E-state index contributed by atoms with van der Waals surface area (Å²) in [5, 5.41) is 0. The molecule has 0 fully saturated rings. The van der Waals surface area contributed by atoms with Crippen molar-refractivity contribution in [3.63, 3.8) is 0 Å². The van der Waals surface area contributed by atoms with Crippen molar-refractivity contribution < 1.29 is 79.0 Å². The third-order valence-electron chi connectivity index (χ3n) is 2.78. The first-order valence-electron chi connectivity index (χ1n) is 7.17. The fraction of sp³-hybridized carbons (Fsp3) is 1.00. The molecule has 1 atom stereocenters. The molecule has 0 rings (SSSR count). The average Bonchev–Trinajstić information content (AvgIpc) is 2.38. The Morgan fingerprint density at radius 2 is 1.32 bits per heavy atom. The largest absolute Gasteiger partial charge is 1.00 e. The van der Waals surface area contributed by atoms with Crippen molar-refractivity contribution in [2.75, 3.05) is 27.9 Å². The van der Waals surface area contributed by atoms with E-state index < -0.39 is 17.4 Å². The molecule has 0 aromatic carbocycles. The predicted octanol–water partition coefficient (Wildman–Crippen LogP) is 0.251. The van der Waals surface area contributed by atoms with E-state index in [0.29, 0.717) is 6.10 Å². The molecule has 0 heterocycles. The third kappa shape index (κ3) is 18.2. The molecule has 1 unspecified atom stereocenters. The van der Waals surface area contributed by atoms with Gasteiger partial charge in [-0.05, 0) is 33.4 Å². The van der Waals surface area contributed by atoms with E-state index in [1.54, 1.807) is 21.3 Å². The van der Waals surface area contributed by atoms with Crippen molar-refractivity contribution in [2.45, 2.75) is 59.4 Å². The van der Waals surface area contributed by atoms with Crippen LogP contribution in [0.3, 0.4) is 0 Å². The molecule has 0 bridgehead atoms. The molecule has 6 nitrogen and oxygen atoms in total. The van der Waals surface area contributed by atoms with Gasteiger partial charge in [-0.15, -0.1) is 0 Å². The number of hydrogen-bond acceptors (Lipinski definition) is 6. The van der Waals surface area contributed by atoms with E-state index in [9.17, 15) is 0 Å². The van der Waals surface area contributed by atoms with Gasteiger partial charge in [0, 0.05) is 40.6 Å². The van der Waals surface area contributed by atoms with E-state index in [-0.39, 0.29) is 56.9 Å². The van der Waals surface area contributed by atoms with Crippen LogP contribution >= 0.6 is 0 Å². The topological polar surface area (TPSA) is 76.2 Å². The Morgan fingerprint density at radius 3 is 1.55 bits per heavy atom. The molecule has 0 spiro atoms. The first-order valence-corrected chi connectivity index (χ1v) is 12.2. The average molecular weight is 383 g/mol. The minimum Gasteiger partial charge on any atom is -0.870 e. The molecule has 1 N–H and O–H groups in total. The minimum absolute atomic E-state index is 0. The molecule has 0 radical (unpaired) electrons. The molecule has 22 heavy (non-hydrogen) atoms. The normalized spacial score (nSPS) is 12.4. The van der Waals surface area contributed by atoms with Crippen LogP contribution in [-0.2, 0) is 22.1 Å². The fourth-order valence-electron chi connectivity index (χ4n) is 1.58. The van der Waals surface area contributed by atoms with Crippen LogP contribution < -0.4 is 51.4 Å². The van der Waals surface area contributed by atoms with Crippen LogP contribution in [0, 0.1) is 0 Å². The monoisotopic (exact) mass is 382 g/mol. The SMILES string of the molecule is CCCC(C)O[Si](C)(C)OCC.CO[Si](C)(OC)OC.[K+].[OH-]. The second kappa shape index (κ2) is 17.6. The minimum atomic E-state index is -2.17. The maximum atomic E-state index is 5.84. The molecule has 0 aromatic heterocycles. The zero-order valence-electron chi connectivity index (χ0n) is 16.2. The number of hydrogen-bond donors (Lipinski definition) is 0. The van der Waals surface area contributed by atoms with Crippen molar-refractivity contribution in [3.8, 4) is 0 Å². The Kier molecular flexibility index (Phi) is 25.3. The van der Waals surface area contributed by atoms with Gasteiger partial charge in [-0.3, -0.25) is 0 Å². The summed E-state index contributed by atoms with van der Waals surface area (Å²) >= 11 is 0. The van der Waals surface area contributed by atoms with E-state index in [1.807, 2.05) is 13.5 Å². The van der Waals surface area contributed by atoms with E-state index in [2.05, 4.69) is 26.9 Å². The van der Waals surface area contributed by atoms with Gasteiger partial charge in [0.2, 0.25) is 0 Å². The second-order valence-corrected chi connectivity index (χ2v) is 11.3. The Balaban J connectivity index is -0.000000144. The van der Waals surface area contributed by atoms with Crippen LogP contribution in [0.4, 0.5) is 0 Å². The molecule has 0 aliphatic heterocycles. The van der Waals surface area contributed by atoms with Crippen molar-refractivity contribution in [2.24, 2.45) is 0 Å². The van der Waals surface area contributed by atoms with Gasteiger partial charge < -0.3 is 27.6 Å². The second-order valence-electron chi connectivity index (χ2n) is 5.02. The van der Waals surface area contributed by atoms with Crippen molar-refractivity contribution in [1.29, 1.82) is 0 Å². The van der Waals surface area contributed by atoms with Gasteiger partial charge in [-0.25, -0.2) is 0 Å². The maximum absolute atomic E-state index is 5.84. The zero-order chi connectivity index (χ0) is 16.2. The summed E-state index contributed by atoms with van der Waals surface area (Å²) in [6, 6.07) is 0. The Hall–Kier alpha value is 1.83. The predicted molar refractivity (Wildman–Crippen MR) is 89.1 cm³/mol. The van der Waals surface area contributed by atoms with Crippen LogP contribution in [0.1, 0.15) is 33.6 Å². The summed E-state index contributed by atoms with van der Waals surface area (Å²) in [5.74, 6) is 0. The summed E-state index contributed by atoms with van der Waals surface area (Å²) < 4.78 is 26.2. The van der Waals surface area contributed by atoms with Crippen LogP contribution in [-0.4, -0.2) is 56.9 Å². The summed E-state index contributed by atoms with van der Waals surface area (Å²) in [7, 11) is 0.773. The summed E-state index contributed by atoms with van der Waals surface area (Å²) in [4.78, 5) is 0. The molecule has 0 aromatic rings. The molecule has 0 amide bonds. The van der Waals surface area contributed by atoms with Gasteiger partial charge in [0.25, 0.3) is 0 Å². The van der Waals surface area contributed by atoms with Gasteiger partial charge in [-0.1, -0.05) is 13.3 Å². The zero-order valence-corrected chi connectivity index (χ0v) is 21.3. The quantitative estimate of drug-likeness (QED) is 0.532. The van der Waals surface area contributed by atoms with Gasteiger partial charge in [0.05, 0.1) is 0 Å². The maximum Gasteiger partial charge on any atom is 1.00 e. The van der Waals surface area contributed by atoms with Crippen molar-refractivity contribution in [3.05, 3.63) is 0 Å². The summed E-state index contributed by atoms with van der Waals surface area (Å²) in [6.45, 7) is 13.1. The van der Waals surface area contributed by atoms with Crippen LogP contribution in [0.15, 0.2) is 0 Å². The standard InChI is InChI=1S/C9H22O2Si.C4H12O3Si.K.H2O/c1-6-8-9(3)11-12(4,5)10-7-2;1-5-8(4,6-2)7-3;;/h9H,6-8H2,1-5H3;1-4H3;;1H2/q;;+1;/p-1. The first-order chi connectivity index (χ1) is 9.20. The van der Waals surface area contributed by atoms with Gasteiger partial charge in [0.15, 0.2) is 0 Å². The van der Waals surface area contributed by atoms with Gasteiger partial charge >= 0.3 is 68.7 Å². The molecule has 9 heteroatoms. The van der Waals surface area contributed by atoms with Crippen LogP contribution in [0.2, 0.25) is 19.6 Å². The Morgan fingerprint density at radius 1 is 0.909 bits per heavy atom. The smallest absolute Gasteiger partial charge is 0.870 e. The third-order valence-corrected chi connectivity index (χ3v) is 6.96. The molecule has 0 aliphatic carbocycles.